The highest BCUT2D eigenvalue weighted by Crippen LogP contribution is 2.23. The van der Waals surface area contributed by atoms with Gasteiger partial charge in [0.15, 0.2) is 0 Å². The lowest BCUT2D eigenvalue weighted by Crippen LogP contribution is -2.02. The van der Waals surface area contributed by atoms with Crippen molar-refractivity contribution in [1.82, 2.24) is 9.97 Å². The molecule has 25 heavy (non-hydrogen) atoms. The summed E-state index contributed by atoms with van der Waals surface area (Å²) in [7, 11) is 0. The number of benzene rings is 2. The fourth-order valence-corrected chi connectivity index (χ4v) is 2.39. The third-order valence-corrected chi connectivity index (χ3v) is 3.58. The second-order valence-corrected chi connectivity index (χ2v) is 5.70. The minimum Gasteiger partial charge on any atom is -0.340 e. The zero-order valence-electron chi connectivity index (χ0n) is 13.2. The van der Waals surface area contributed by atoms with Crippen LogP contribution in [0.4, 0.5) is 27.5 Å². The van der Waals surface area contributed by atoms with E-state index < -0.39 is 5.82 Å². The fourth-order valence-electron chi connectivity index (χ4n) is 2.21. The second-order valence-electron chi connectivity index (χ2n) is 5.29. The van der Waals surface area contributed by atoms with E-state index in [1.165, 1.54) is 12.1 Å². The third kappa shape index (κ3) is 4.22. The molecule has 0 bridgehead atoms. The number of nitrogens with one attached hydrogen (secondary N) is 2. The Morgan fingerprint density at radius 2 is 1.84 bits per heavy atom. The van der Waals surface area contributed by atoms with Gasteiger partial charge in [-0.1, -0.05) is 17.7 Å². The maximum Gasteiger partial charge on any atom is 0.229 e. The number of hydrogen-bond donors (Lipinski definition) is 2. The summed E-state index contributed by atoms with van der Waals surface area (Å²) >= 11 is 5.78. The fraction of sp³-hybridized carbons (Fsp3) is 0.0556. The van der Waals surface area contributed by atoms with Crippen LogP contribution >= 0.6 is 11.6 Å². The molecule has 7 heteroatoms. The summed E-state index contributed by atoms with van der Waals surface area (Å²) in [4.78, 5) is 8.68. The Balaban J connectivity index is 1.84. The normalized spacial score (nSPS) is 10.2. The molecule has 0 spiro atoms. The molecule has 0 aliphatic heterocycles. The van der Waals surface area contributed by atoms with Gasteiger partial charge >= 0.3 is 0 Å². The molecule has 2 aromatic carbocycles. The molecule has 0 amide bonds. The van der Waals surface area contributed by atoms with Crippen molar-refractivity contribution in [3.8, 4) is 6.07 Å². The predicted octanol–water partition coefficient (Wildman–Crippen LogP) is 4.94. The van der Waals surface area contributed by atoms with E-state index in [2.05, 4.69) is 26.7 Å². The molecule has 0 aliphatic carbocycles. The van der Waals surface area contributed by atoms with Gasteiger partial charge in [0.25, 0.3) is 0 Å². The summed E-state index contributed by atoms with van der Waals surface area (Å²) in [5.74, 6) is 0.428. The molecule has 0 atom stereocenters. The van der Waals surface area contributed by atoms with Crippen LogP contribution in [0.1, 0.15) is 11.3 Å². The average molecular weight is 354 g/mol. The van der Waals surface area contributed by atoms with Gasteiger partial charge in [-0.25, -0.2) is 9.37 Å². The van der Waals surface area contributed by atoms with Crippen molar-refractivity contribution in [1.29, 1.82) is 5.26 Å². The maximum absolute atomic E-state index is 13.2. The summed E-state index contributed by atoms with van der Waals surface area (Å²) in [5, 5.41) is 15.1. The topological polar surface area (TPSA) is 73.6 Å². The van der Waals surface area contributed by atoms with Crippen molar-refractivity contribution in [2.45, 2.75) is 6.92 Å². The molecule has 0 fully saturated rings. The monoisotopic (exact) mass is 353 g/mol. The second kappa shape index (κ2) is 7.16. The van der Waals surface area contributed by atoms with Gasteiger partial charge < -0.3 is 10.6 Å². The Bertz CT molecular complexity index is 968. The molecule has 0 aliphatic rings. The highest BCUT2D eigenvalue weighted by atomic mass is 35.5. The molecule has 0 radical (unpaired) electrons. The van der Waals surface area contributed by atoms with E-state index in [0.717, 1.165) is 11.4 Å². The summed E-state index contributed by atoms with van der Waals surface area (Å²) in [6, 6.07) is 15.2. The SMILES string of the molecule is Cc1cc(Nc2cccc(C#N)c2)nc(Nc2ccc(F)c(Cl)c2)n1. The first-order valence-electron chi connectivity index (χ1n) is 7.38. The van der Waals surface area contributed by atoms with E-state index in [4.69, 9.17) is 16.9 Å². The van der Waals surface area contributed by atoms with E-state index in [0.29, 0.717) is 23.0 Å². The Kier molecular flexibility index (Phi) is 4.78. The summed E-state index contributed by atoms with van der Waals surface area (Å²) in [6.45, 7) is 1.83. The number of aromatic nitrogens is 2. The molecular weight excluding hydrogens is 341 g/mol. The first kappa shape index (κ1) is 16.7. The third-order valence-electron chi connectivity index (χ3n) is 3.29. The Morgan fingerprint density at radius 1 is 1.04 bits per heavy atom. The summed E-state index contributed by atoms with van der Waals surface area (Å²) < 4.78 is 13.2. The van der Waals surface area contributed by atoms with Crippen LogP contribution < -0.4 is 10.6 Å². The van der Waals surface area contributed by atoms with Crippen molar-refractivity contribution in [3.05, 3.63) is 70.6 Å². The summed E-state index contributed by atoms with van der Waals surface area (Å²) in [6.07, 6.45) is 0. The quantitative estimate of drug-likeness (QED) is 0.695. The Hall–Kier alpha value is -3.17. The van der Waals surface area contributed by atoms with Crippen molar-refractivity contribution >= 4 is 34.7 Å². The Morgan fingerprint density at radius 3 is 2.60 bits per heavy atom. The van der Waals surface area contributed by atoms with E-state index in [-0.39, 0.29) is 5.02 Å². The minimum absolute atomic E-state index is 0.0179. The summed E-state index contributed by atoms with van der Waals surface area (Å²) in [5.41, 5.74) is 2.61. The lowest BCUT2D eigenvalue weighted by atomic mass is 10.2. The Labute approximate surface area is 149 Å². The van der Waals surface area contributed by atoms with Gasteiger partial charge in [0, 0.05) is 23.1 Å². The van der Waals surface area contributed by atoms with Crippen LogP contribution in [-0.2, 0) is 0 Å². The first-order valence-corrected chi connectivity index (χ1v) is 7.76. The number of nitriles is 1. The van der Waals surface area contributed by atoms with Crippen molar-refractivity contribution < 1.29 is 4.39 Å². The molecule has 0 unspecified atom stereocenters. The van der Waals surface area contributed by atoms with Gasteiger partial charge in [-0.15, -0.1) is 0 Å². The molecule has 0 saturated carbocycles. The maximum atomic E-state index is 13.2. The van der Waals surface area contributed by atoms with Gasteiger partial charge in [0.1, 0.15) is 11.6 Å². The first-order chi connectivity index (χ1) is 12.0. The minimum atomic E-state index is -0.489. The number of anilines is 4. The van der Waals surface area contributed by atoms with E-state index >= 15 is 0 Å². The van der Waals surface area contributed by atoms with Crippen LogP contribution in [0, 0.1) is 24.1 Å². The van der Waals surface area contributed by atoms with Crippen molar-refractivity contribution in [3.63, 3.8) is 0 Å². The molecule has 3 aromatic rings. The molecule has 5 nitrogen and oxygen atoms in total. The standard InChI is InChI=1S/C18H13ClFN5/c1-11-7-17(23-13-4-2-3-12(8-13)10-21)25-18(22-11)24-14-5-6-16(20)15(19)9-14/h2-9H,1H3,(H2,22,23,24,25). The van der Waals surface area contributed by atoms with Gasteiger partial charge in [-0.05, 0) is 43.3 Å². The molecule has 1 aromatic heterocycles. The van der Waals surface area contributed by atoms with Crippen LogP contribution in [0.15, 0.2) is 48.5 Å². The largest absolute Gasteiger partial charge is 0.340 e. The number of halogens is 2. The van der Waals surface area contributed by atoms with Gasteiger partial charge in [-0.2, -0.15) is 10.2 Å². The van der Waals surface area contributed by atoms with E-state index in [1.54, 1.807) is 30.3 Å². The lowest BCUT2D eigenvalue weighted by molar-refractivity contribution is 0.628. The molecule has 1 heterocycles. The van der Waals surface area contributed by atoms with Crippen LogP contribution in [-0.4, -0.2) is 9.97 Å². The number of nitrogens with zero attached hydrogens (tertiary/aromatic N) is 3. The molecule has 2 N–H and O–H groups in total. The van der Waals surface area contributed by atoms with E-state index in [1.807, 2.05) is 13.0 Å². The molecule has 124 valence electrons. The lowest BCUT2D eigenvalue weighted by Gasteiger charge is -2.10. The highest BCUT2D eigenvalue weighted by Gasteiger charge is 2.06. The molecule has 0 saturated heterocycles. The van der Waals surface area contributed by atoms with Gasteiger partial charge in [0.05, 0.1) is 16.7 Å². The van der Waals surface area contributed by atoms with Gasteiger partial charge in [0.2, 0.25) is 5.95 Å². The van der Waals surface area contributed by atoms with Gasteiger partial charge in [-0.3, -0.25) is 0 Å². The van der Waals surface area contributed by atoms with Crippen LogP contribution in [0.5, 0.6) is 0 Å². The average Bonchev–Trinajstić information content (AvgIpc) is 2.58. The smallest absolute Gasteiger partial charge is 0.229 e. The molecular formula is C18H13ClFN5. The van der Waals surface area contributed by atoms with Crippen LogP contribution in [0.25, 0.3) is 0 Å². The number of aryl methyl sites for hydroxylation is 1. The molecule has 3 rings (SSSR count). The van der Waals surface area contributed by atoms with E-state index in [9.17, 15) is 4.39 Å². The predicted molar refractivity (Wildman–Crippen MR) is 95.9 cm³/mol. The zero-order valence-corrected chi connectivity index (χ0v) is 14.0. The highest BCUT2D eigenvalue weighted by molar-refractivity contribution is 6.31. The number of hydrogen-bond acceptors (Lipinski definition) is 5. The van der Waals surface area contributed by atoms with Crippen molar-refractivity contribution in [2.24, 2.45) is 0 Å². The van der Waals surface area contributed by atoms with Crippen LogP contribution in [0.2, 0.25) is 5.02 Å². The van der Waals surface area contributed by atoms with Crippen molar-refractivity contribution in [2.75, 3.05) is 10.6 Å². The number of rotatable bonds is 4. The van der Waals surface area contributed by atoms with Crippen LogP contribution in [0.3, 0.4) is 0 Å². The zero-order chi connectivity index (χ0) is 17.8.